The first-order chi connectivity index (χ1) is 18.1. The molecular weight excluding hydrogens is 509 g/mol. The zero-order valence-electron chi connectivity index (χ0n) is 21.8. The van der Waals surface area contributed by atoms with Crippen molar-refractivity contribution < 1.29 is 27.1 Å². The monoisotopic (exact) mass is 541 g/mol. The van der Waals surface area contributed by atoms with Crippen LogP contribution in [0.25, 0.3) is 0 Å². The van der Waals surface area contributed by atoms with Gasteiger partial charge in [-0.25, -0.2) is 12.8 Å². The van der Waals surface area contributed by atoms with Gasteiger partial charge in [0.25, 0.3) is 10.0 Å². The molecule has 10 heteroatoms. The SMILES string of the molecule is CCOc1ccc(S(=O)(=O)N(CC(=O)N(Cc2ccc(F)cc2)[C@@H](C)C(=O)NC)c2ccc(C)cc2)cc1. The summed E-state index contributed by atoms with van der Waals surface area (Å²) in [5.74, 6) is -0.926. The summed E-state index contributed by atoms with van der Waals surface area (Å²) in [7, 11) is -2.72. The summed E-state index contributed by atoms with van der Waals surface area (Å²) in [6.07, 6.45) is 0. The first-order valence-corrected chi connectivity index (χ1v) is 13.6. The lowest BCUT2D eigenvalue weighted by Crippen LogP contribution is -2.50. The number of likely N-dealkylation sites (N-methyl/N-ethyl adjacent to an activating group) is 1. The van der Waals surface area contributed by atoms with Gasteiger partial charge in [0.15, 0.2) is 0 Å². The largest absolute Gasteiger partial charge is 0.494 e. The lowest BCUT2D eigenvalue weighted by atomic mass is 10.1. The van der Waals surface area contributed by atoms with Gasteiger partial charge in [-0.2, -0.15) is 0 Å². The molecule has 202 valence electrons. The molecule has 3 rings (SSSR count). The Morgan fingerprint density at radius 2 is 1.58 bits per heavy atom. The first kappa shape index (κ1) is 28.6. The van der Waals surface area contributed by atoms with E-state index in [1.54, 1.807) is 43.3 Å². The number of rotatable bonds is 11. The molecule has 0 spiro atoms. The van der Waals surface area contributed by atoms with E-state index >= 15 is 0 Å². The molecule has 1 atom stereocenters. The van der Waals surface area contributed by atoms with E-state index in [1.807, 2.05) is 13.8 Å². The number of carbonyl (C=O) groups excluding carboxylic acids is 2. The van der Waals surface area contributed by atoms with Gasteiger partial charge in [0.2, 0.25) is 11.8 Å². The van der Waals surface area contributed by atoms with Gasteiger partial charge in [0.05, 0.1) is 17.2 Å². The fourth-order valence-electron chi connectivity index (χ4n) is 3.82. The quantitative estimate of drug-likeness (QED) is 0.397. The van der Waals surface area contributed by atoms with Crippen LogP contribution >= 0.6 is 0 Å². The van der Waals surface area contributed by atoms with Gasteiger partial charge in [-0.1, -0.05) is 29.8 Å². The Morgan fingerprint density at radius 1 is 0.974 bits per heavy atom. The summed E-state index contributed by atoms with van der Waals surface area (Å²) in [5, 5.41) is 2.52. The predicted molar refractivity (Wildman–Crippen MR) is 144 cm³/mol. The fraction of sp³-hybridized carbons (Fsp3) is 0.286. The summed E-state index contributed by atoms with van der Waals surface area (Å²) in [6.45, 7) is 5.11. The van der Waals surface area contributed by atoms with Crippen molar-refractivity contribution in [3.05, 3.63) is 89.7 Å². The van der Waals surface area contributed by atoms with Gasteiger partial charge in [0.1, 0.15) is 24.2 Å². The van der Waals surface area contributed by atoms with Crippen molar-refractivity contribution in [1.29, 1.82) is 0 Å². The standard InChI is InChI=1S/C28H32FN3O5S/c1-5-37-25-14-16-26(17-15-25)38(35,36)32(24-12-6-20(2)7-13-24)19-27(33)31(21(3)28(34)30-4)18-22-8-10-23(29)11-9-22/h6-17,21H,5,18-19H2,1-4H3,(H,30,34)/t21-/m0/s1. The molecule has 0 heterocycles. The molecule has 0 aliphatic carbocycles. The molecule has 2 amide bonds. The first-order valence-electron chi connectivity index (χ1n) is 12.1. The second-order valence-electron chi connectivity index (χ2n) is 8.69. The van der Waals surface area contributed by atoms with Gasteiger partial charge >= 0.3 is 0 Å². The van der Waals surface area contributed by atoms with E-state index < -0.39 is 40.2 Å². The second-order valence-corrected chi connectivity index (χ2v) is 10.6. The topological polar surface area (TPSA) is 96.0 Å². The van der Waals surface area contributed by atoms with Crippen LogP contribution in [-0.4, -0.2) is 51.4 Å². The van der Waals surface area contributed by atoms with E-state index in [4.69, 9.17) is 4.74 Å². The lowest BCUT2D eigenvalue weighted by Gasteiger charge is -2.31. The maximum absolute atomic E-state index is 13.8. The highest BCUT2D eigenvalue weighted by Crippen LogP contribution is 2.26. The number of ether oxygens (including phenoxy) is 1. The van der Waals surface area contributed by atoms with Crippen LogP contribution in [0.4, 0.5) is 10.1 Å². The molecular formula is C28H32FN3O5S. The normalized spacial score (nSPS) is 11.9. The highest BCUT2D eigenvalue weighted by atomic mass is 32.2. The molecule has 0 aromatic heterocycles. The molecule has 3 aromatic rings. The van der Waals surface area contributed by atoms with E-state index in [0.717, 1.165) is 9.87 Å². The third-order valence-electron chi connectivity index (χ3n) is 6.00. The van der Waals surface area contributed by atoms with Crippen molar-refractivity contribution in [3.63, 3.8) is 0 Å². The number of benzene rings is 3. The van der Waals surface area contributed by atoms with E-state index in [1.165, 1.54) is 48.3 Å². The van der Waals surface area contributed by atoms with Gasteiger partial charge in [-0.3, -0.25) is 13.9 Å². The zero-order chi connectivity index (χ0) is 27.9. The molecule has 8 nitrogen and oxygen atoms in total. The number of anilines is 1. The minimum absolute atomic E-state index is 0.0150. The molecule has 0 saturated heterocycles. The van der Waals surface area contributed by atoms with E-state index in [-0.39, 0.29) is 11.4 Å². The molecule has 38 heavy (non-hydrogen) atoms. The van der Waals surface area contributed by atoms with Crippen LogP contribution in [0.2, 0.25) is 0 Å². The van der Waals surface area contributed by atoms with E-state index in [2.05, 4.69) is 5.32 Å². The Morgan fingerprint density at radius 3 is 2.13 bits per heavy atom. The van der Waals surface area contributed by atoms with Gasteiger partial charge in [-0.05, 0) is 74.9 Å². The Labute approximate surface area is 223 Å². The lowest BCUT2D eigenvalue weighted by molar-refractivity contribution is -0.139. The van der Waals surface area contributed by atoms with Crippen molar-refractivity contribution >= 4 is 27.5 Å². The molecule has 3 aromatic carbocycles. The van der Waals surface area contributed by atoms with Crippen LogP contribution in [0.15, 0.2) is 77.7 Å². The summed E-state index contributed by atoms with van der Waals surface area (Å²) in [5.41, 5.74) is 1.81. The Kier molecular flexibility index (Phi) is 9.46. The zero-order valence-corrected chi connectivity index (χ0v) is 22.7. The fourth-order valence-corrected chi connectivity index (χ4v) is 5.23. The molecule has 0 bridgehead atoms. The number of nitrogens with zero attached hydrogens (tertiary/aromatic N) is 2. The van der Waals surface area contributed by atoms with Crippen molar-refractivity contribution in [2.45, 2.75) is 38.3 Å². The Hall–Kier alpha value is -3.92. The van der Waals surface area contributed by atoms with Gasteiger partial charge < -0.3 is 15.0 Å². The van der Waals surface area contributed by atoms with Crippen LogP contribution in [-0.2, 0) is 26.2 Å². The number of hydrogen-bond acceptors (Lipinski definition) is 5. The molecule has 0 radical (unpaired) electrons. The highest BCUT2D eigenvalue weighted by Gasteiger charge is 2.32. The smallest absolute Gasteiger partial charge is 0.264 e. The van der Waals surface area contributed by atoms with E-state index in [0.29, 0.717) is 23.6 Å². The van der Waals surface area contributed by atoms with Crippen molar-refractivity contribution in [2.75, 3.05) is 24.5 Å². The minimum Gasteiger partial charge on any atom is -0.494 e. The number of amides is 2. The number of sulfonamides is 1. The van der Waals surface area contributed by atoms with Gasteiger partial charge in [-0.15, -0.1) is 0 Å². The summed E-state index contributed by atoms with van der Waals surface area (Å²) >= 11 is 0. The Balaban J connectivity index is 2.00. The van der Waals surface area contributed by atoms with Crippen LogP contribution in [0.1, 0.15) is 25.0 Å². The summed E-state index contributed by atoms with van der Waals surface area (Å²) in [6, 6.07) is 17.4. The van der Waals surface area contributed by atoms with E-state index in [9.17, 15) is 22.4 Å². The highest BCUT2D eigenvalue weighted by molar-refractivity contribution is 7.92. The average molecular weight is 542 g/mol. The van der Waals surface area contributed by atoms with Crippen molar-refractivity contribution in [2.24, 2.45) is 0 Å². The average Bonchev–Trinajstić information content (AvgIpc) is 2.91. The number of aryl methyl sites for hydroxylation is 1. The number of nitrogens with one attached hydrogen (secondary N) is 1. The molecule has 0 fully saturated rings. The number of halogens is 1. The maximum Gasteiger partial charge on any atom is 0.264 e. The predicted octanol–water partition coefficient (Wildman–Crippen LogP) is 3.89. The van der Waals surface area contributed by atoms with Crippen LogP contribution in [0.3, 0.4) is 0 Å². The molecule has 1 N–H and O–H groups in total. The third-order valence-corrected chi connectivity index (χ3v) is 7.79. The van der Waals surface area contributed by atoms with Crippen LogP contribution in [0.5, 0.6) is 5.75 Å². The van der Waals surface area contributed by atoms with Crippen LogP contribution in [0, 0.1) is 12.7 Å². The molecule has 0 aliphatic rings. The summed E-state index contributed by atoms with van der Waals surface area (Å²) in [4.78, 5) is 27.4. The van der Waals surface area contributed by atoms with Crippen molar-refractivity contribution in [1.82, 2.24) is 10.2 Å². The van der Waals surface area contributed by atoms with Crippen molar-refractivity contribution in [3.8, 4) is 5.75 Å². The summed E-state index contributed by atoms with van der Waals surface area (Å²) < 4.78 is 47.5. The van der Waals surface area contributed by atoms with Crippen LogP contribution < -0.4 is 14.4 Å². The van der Waals surface area contributed by atoms with Gasteiger partial charge in [0, 0.05) is 13.6 Å². The Bertz CT molecular complexity index is 1340. The second kappa shape index (κ2) is 12.6. The molecule has 0 aliphatic heterocycles. The number of carbonyl (C=O) groups is 2. The number of hydrogen-bond donors (Lipinski definition) is 1. The maximum atomic E-state index is 13.8. The molecule has 0 saturated carbocycles. The molecule has 0 unspecified atom stereocenters. The minimum atomic E-state index is -4.18. The third kappa shape index (κ3) is 6.89.